The maximum atomic E-state index is 13.7. The molecule has 0 bridgehead atoms. The quantitative estimate of drug-likeness (QED) is 0.825. The highest BCUT2D eigenvalue weighted by molar-refractivity contribution is 6.16. The van der Waals surface area contributed by atoms with Gasteiger partial charge in [-0.1, -0.05) is 36.4 Å². The molecule has 1 atom stereocenters. The van der Waals surface area contributed by atoms with Crippen molar-refractivity contribution >= 4 is 17.8 Å². The first-order valence-corrected chi connectivity index (χ1v) is 7.36. The summed E-state index contributed by atoms with van der Waals surface area (Å²) >= 11 is 0. The topological polar surface area (TPSA) is 71.0 Å². The lowest BCUT2D eigenvalue weighted by Crippen LogP contribution is -2.63. The van der Waals surface area contributed by atoms with E-state index in [1.807, 2.05) is 0 Å². The number of benzene rings is 1. The lowest BCUT2D eigenvalue weighted by Gasteiger charge is -2.28. The Balaban J connectivity index is 2.58. The molecule has 0 saturated carbocycles. The van der Waals surface area contributed by atoms with Crippen LogP contribution in [-0.4, -0.2) is 47.7 Å². The van der Waals surface area contributed by atoms with E-state index in [9.17, 15) is 22.8 Å². The summed E-state index contributed by atoms with van der Waals surface area (Å²) in [6.07, 6.45) is -5.27. The van der Waals surface area contributed by atoms with E-state index < -0.39 is 23.8 Å². The first-order valence-electron chi connectivity index (χ1n) is 7.36. The predicted octanol–water partition coefficient (Wildman–Crippen LogP) is 2.47. The number of amides is 2. The van der Waals surface area contributed by atoms with Crippen LogP contribution in [0.25, 0.3) is 0 Å². The summed E-state index contributed by atoms with van der Waals surface area (Å²) in [6, 6.07) is 7.89. The van der Waals surface area contributed by atoms with Gasteiger partial charge in [0.15, 0.2) is 0 Å². The van der Waals surface area contributed by atoms with Gasteiger partial charge in [-0.2, -0.15) is 13.2 Å². The van der Waals surface area contributed by atoms with Crippen molar-refractivity contribution in [3.63, 3.8) is 0 Å². The van der Waals surface area contributed by atoms with Crippen molar-refractivity contribution in [2.24, 2.45) is 4.99 Å². The molecule has 0 fully saturated rings. The van der Waals surface area contributed by atoms with Crippen LogP contribution in [0.4, 0.5) is 18.0 Å². The van der Waals surface area contributed by atoms with Crippen LogP contribution in [0.5, 0.6) is 0 Å². The highest BCUT2D eigenvalue weighted by atomic mass is 19.4. The normalized spacial score (nSPS) is 20.2. The van der Waals surface area contributed by atoms with Crippen LogP contribution in [0.15, 0.2) is 48.0 Å². The Hall–Kier alpha value is -2.84. The number of carbonyl (C=O) groups excluding carboxylic acids is 2. The number of carbonyl (C=O) groups is 2. The Kier molecular flexibility index (Phi) is 5.15. The molecule has 6 nitrogen and oxygen atoms in total. The van der Waals surface area contributed by atoms with Crippen LogP contribution in [0.1, 0.15) is 12.5 Å². The van der Waals surface area contributed by atoms with Gasteiger partial charge >= 0.3 is 17.9 Å². The largest absolute Gasteiger partial charge is 0.450 e. The van der Waals surface area contributed by atoms with Crippen LogP contribution >= 0.6 is 0 Å². The smallest absolute Gasteiger partial charge is 0.442 e. The second-order valence-corrected chi connectivity index (χ2v) is 5.06. The molecule has 1 N–H and O–H groups in total. The van der Waals surface area contributed by atoms with Crippen molar-refractivity contribution in [1.82, 2.24) is 10.2 Å². The van der Waals surface area contributed by atoms with Crippen molar-refractivity contribution < 1.29 is 27.5 Å². The molecule has 9 heteroatoms. The second-order valence-electron chi connectivity index (χ2n) is 5.06. The van der Waals surface area contributed by atoms with Gasteiger partial charge in [0.2, 0.25) is 0 Å². The van der Waals surface area contributed by atoms with Crippen LogP contribution < -0.4 is 5.32 Å². The molecule has 1 aromatic rings. The SMILES string of the molecule is C=CCN1C(=O)C(NC(=O)OCC)(C(F)(F)F)N=C1c1ccccc1. The van der Waals surface area contributed by atoms with E-state index in [-0.39, 0.29) is 19.0 Å². The minimum absolute atomic E-state index is 0.153. The number of alkyl halides is 3. The molecule has 0 radical (unpaired) electrons. The lowest BCUT2D eigenvalue weighted by atomic mass is 10.1. The molecule has 25 heavy (non-hydrogen) atoms. The number of rotatable bonds is 5. The van der Waals surface area contributed by atoms with E-state index in [1.54, 1.807) is 23.5 Å². The molecule has 2 rings (SSSR count). The van der Waals surface area contributed by atoms with Gasteiger partial charge in [-0.05, 0) is 6.92 Å². The van der Waals surface area contributed by atoms with Gasteiger partial charge in [-0.3, -0.25) is 15.0 Å². The van der Waals surface area contributed by atoms with E-state index >= 15 is 0 Å². The van der Waals surface area contributed by atoms with Crippen LogP contribution in [0.3, 0.4) is 0 Å². The Bertz CT molecular complexity index is 704. The molecule has 0 aromatic heterocycles. The summed E-state index contributed by atoms with van der Waals surface area (Å²) in [5, 5.41) is 1.57. The van der Waals surface area contributed by atoms with Crippen molar-refractivity contribution in [2.75, 3.05) is 13.2 Å². The maximum Gasteiger partial charge on any atom is 0.442 e. The van der Waals surface area contributed by atoms with Gasteiger partial charge in [-0.15, -0.1) is 6.58 Å². The van der Waals surface area contributed by atoms with Crippen LogP contribution in [0.2, 0.25) is 0 Å². The average molecular weight is 355 g/mol. The van der Waals surface area contributed by atoms with E-state index in [0.717, 1.165) is 4.90 Å². The standard InChI is InChI=1S/C16H16F3N3O3/c1-3-10-22-12(11-8-6-5-7-9-11)20-15(13(22)23,16(17,18)19)21-14(24)25-4-2/h3,5-9H,1,4,10H2,2H3,(H,21,24). The molecule has 0 aliphatic carbocycles. The number of alkyl carbamates (subject to hydrolysis) is 1. The third-order valence-corrected chi connectivity index (χ3v) is 3.40. The fraction of sp³-hybridized carbons (Fsp3) is 0.312. The number of nitrogens with zero attached hydrogens (tertiary/aromatic N) is 2. The molecular weight excluding hydrogens is 339 g/mol. The van der Waals surface area contributed by atoms with E-state index in [4.69, 9.17) is 0 Å². The zero-order valence-electron chi connectivity index (χ0n) is 13.3. The maximum absolute atomic E-state index is 13.7. The molecule has 1 aromatic carbocycles. The van der Waals surface area contributed by atoms with Gasteiger partial charge in [0, 0.05) is 12.1 Å². The van der Waals surface area contributed by atoms with Gasteiger partial charge in [0.05, 0.1) is 6.61 Å². The zero-order chi connectivity index (χ0) is 18.7. The number of aliphatic imine (C=N–C) groups is 1. The molecule has 1 heterocycles. The third kappa shape index (κ3) is 3.35. The molecule has 1 unspecified atom stereocenters. The Labute approximate surface area is 142 Å². The minimum Gasteiger partial charge on any atom is -0.450 e. The first-order chi connectivity index (χ1) is 11.8. The van der Waals surface area contributed by atoms with Gasteiger partial charge < -0.3 is 4.74 Å². The average Bonchev–Trinajstić information content (AvgIpc) is 2.83. The van der Waals surface area contributed by atoms with Crippen molar-refractivity contribution in [1.29, 1.82) is 0 Å². The zero-order valence-corrected chi connectivity index (χ0v) is 13.3. The summed E-state index contributed by atoms with van der Waals surface area (Å²) in [7, 11) is 0. The van der Waals surface area contributed by atoms with Crippen molar-refractivity contribution in [2.45, 2.75) is 18.8 Å². The van der Waals surface area contributed by atoms with E-state index in [0.29, 0.717) is 5.56 Å². The van der Waals surface area contributed by atoms with Gasteiger partial charge in [0.1, 0.15) is 5.84 Å². The molecular formula is C16H16F3N3O3. The summed E-state index contributed by atoms with van der Waals surface area (Å²) in [5.74, 6) is -1.63. The molecule has 1 aliphatic rings. The fourth-order valence-electron chi connectivity index (χ4n) is 2.32. The van der Waals surface area contributed by atoms with Crippen LogP contribution in [0, 0.1) is 0 Å². The molecule has 0 spiro atoms. The third-order valence-electron chi connectivity index (χ3n) is 3.40. The Morgan fingerprint density at radius 3 is 2.56 bits per heavy atom. The van der Waals surface area contributed by atoms with Crippen molar-refractivity contribution in [3.05, 3.63) is 48.6 Å². The number of hydrogen-bond donors (Lipinski definition) is 1. The fourth-order valence-corrected chi connectivity index (χ4v) is 2.32. The number of amidine groups is 1. The molecule has 1 aliphatic heterocycles. The number of ether oxygens (including phenoxy) is 1. The first kappa shape index (κ1) is 18.5. The van der Waals surface area contributed by atoms with Gasteiger partial charge in [0.25, 0.3) is 5.91 Å². The summed E-state index contributed by atoms with van der Waals surface area (Å²) in [6.45, 7) is 4.52. The Morgan fingerprint density at radius 2 is 2.04 bits per heavy atom. The highest BCUT2D eigenvalue weighted by Crippen LogP contribution is 2.38. The summed E-state index contributed by atoms with van der Waals surface area (Å²) in [4.78, 5) is 28.6. The number of hydrogen-bond acceptors (Lipinski definition) is 4. The Morgan fingerprint density at radius 1 is 1.40 bits per heavy atom. The summed E-state index contributed by atoms with van der Waals surface area (Å²) in [5.41, 5.74) is -3.14. The van der Waals surface area contributed by atoms with E-state index in [1.165, 1.54) is 25.1 Å². The molecule has 2 amide bonds. The van der Waals surface area contributed by atoms with E-state index in [2.05, 4.69) is 16.3 Å². The predicted molar refractivity (Wildman–Crippen MR) is 83.8 cm³/mol. The number of halogens is 3. The molecule has 134 valence electrons. The number of nitrogens with one attached hydrogen (secondary N) is 1. The van der Waals surface area contributed by atoms with Crippen molar-refractivity contribution in [3.8, 4) is 0 Å². The second kappa shape index (κ2) is 6.96. The van der Waals surface area contributed by atoms with Crippen LogP contribution in [-0.2, 0) is 9.53 Å². The lowest BCUT2D eigenvalue weighted by molar-refractivity contribution is -0.196. The van der Waals surface area contributed by atoms with Gasteiger partial charge in [-0.25, -0.2) is 9.79 Å². The molecule has 0 saturated heterocycles. The monoisotopic (exact) mass is 355 g/mol. The minimum atomic E-state index is -5.16. The highest BCUT2D eigenvalue weighted by Gasteiger charge is 2.67. The summed E-state index contributed by atoms with van der Waals surface area (Å²) < 4.78 is 45.7.